The van der Waals surface area contributed by atoms with Crippen molar-refractivity contribution in [2.45, 2.75) is 57.0 Å². The van der Waals surface area contributed by atoms with Crippen molar-refractivity contribution in [3.05, 3.63) is 53.1 Å². The van der Waals surface area contributed by atoms with Crippen LogP contribution in [-0.2, 0) is 29.1 Å². The largest absolute Gasteiger partial charge is 0.462 e. The Hall–Kier alpha value is -3.31. The van der Waals surface area contributed by atoms with Gasteiger partial charge in [0.25, 0.3) is 5.72 Å². The van der Waals surface area contributed by atoms with Crippen LogP contribution < -0.4 is 21.0 Å². The van der Waals surface area contributed by atoms with E-state index in [1.807, 2.05) is 0 Å². The zero-order valence-electron chi connectivity index (χ0n) is 20.3. The van der Waals surface area contributed by atoms with E-state index < -0.39 is 62.2 Å². The van der Waals surface area contributed by atoms with Gasteiger partial charge in [-0.25, -0.2) is 9.36 Å². The molecule has 1 saturated heterocycles. The summed E-state index contributed by atoms with van der Waals surface area (Å²) in [4.78, 5) is 28.1. The summed E-state index contributed by atoms with van der Waals surface area (Å²) in [5.41, 5.74) is 2.10. The molecule has 1 aliphatic rings. The molecule has 1 aromatic carbocycles. The average Bonchev–Trinajstić information content (AvgIpc) is 3.08. The predicted octanol–water partition coefficient (Wildman–Crippen LogP) is 0.256. The lowest BCUT2D eigenvalue weighted by atomic mass is 10.0. The van der Waals surface area contributed by atoms with Crippen LogP contribution in [0.2, 0.25) is 0 Å². The van der Waals surface area contributed by atoms with E-state index in [1.54, 1.807) is 38.1 Å². The third-order valence-electron chi connectivity index (χ3n) is 5.21. The molecule has 0 spiro atoms. The highest BCUT2D eigenvalue weighted by molar-refractivity contribution is 7.52. The van der Waals surface area contributed by atoms with Gasteiger partial charge in [0.2, 0.25) is 0 Å². The van der Waals surface area contributed by atoms with E-state index in [2.05, 4.69) is 10.1 Å². The molecular formula is C22H28N5O9P. The van der Waals surface area contributed by atoms with Gasteiger partial charge in [0.1, 0.15) is 42.0 Å². The van der Waals surface area contributed by atoms with Crippen LogP contribution in [0.5, 0.6) is 5.75 Å². The number of nitrogens with one attached hydrogen (secondary N) is 1. The normalized spacial score (nSPS) is 25.7. The maximum atomic E-state index is 13.6. The second-order valence-electron chi connectivity index (χ2n) is 8.44. The van der Waals surface area contributed by atoms with E-state index in [0.717, 1.165) is 6.20 Å². The number of aliphatic hydroxyl groups excluding tert-OH is 2. The predicted molar refractivity (Wildman–Crippen MR) is 128 cm³/mol. The number of nitrogens with two attached hydrogens (primary N) is 1. The molecule has 37 heavy (non-hydrogen) atoms. The van der Waals surface area contributed by atoms with Gasteiger partial charge in [0, 0.05) is 6.20 Å². The summed E-state index contributed by atoms with van der Waals surface area (Å²) < 4.78 is 36.0. The summed E-state index contributed by atoms with van der Waals surface area (Å²) in [7, 11) is -4.34. The number of esters is 1. The van der Waals surface area contributed by atoms with Gasteiger partial charge >= 0.3 is 19.4 Å². The number of benzene rings is 1. The van der Waals surface area contributed by atoms with Gasteiger partial charge in [-0.15, -0.1) is 0 Å². The van der Waals surface area contributed by atoms with Gasteiger partial charge in [0.05, 0.1) is 12.7 Å². The van der Waals surface area contributed by atoms with Crippen molar-refractivity contribution in [3.63, 3.8) is 0 Å². The molecule has 14 nitrogen and oxygen atoms in total. The lowest BCUT2D eigenvalue weighted by Gasteiger charge is -2.26. The van der Waals surface area contributed by atoms with Gasteiger partial charge in [-0.3, -0.25) is 13.9 Å². The van der Waals surface area contributed by atoms with Crippen LogP contribution in [0.25, 0.3) is 0 Å². The Morgan fingerprint density at radius 1 is 1.32 bits per heavy atom. The summed E-state index contributed by atoms with van der Waals surface area (Å²) in [6, 6.07) is 9.70. The molecule has 200 valence electrons. The van der Waals surface area contributed by atoms with E-state index in [1.165, 1.54) is 25.1 Å². The summed E-state index contributed by atoms with van der Waals surface area (Å²) in [5.74, 6) is -0.708. The number of carbonyl (C=O) groups excluding carboxylic acids is 1. The van der Waals surface area contributed by atoms with Gasteiger partial charge in [-0.2, -0.15) is 15.3 Å². The molecule has 1 fully saturated rings. The molecule has 1 unspecified atom stereocenters. The molecule has 0 radical (unpaired) electrons. The number of aliphatic hydroxyl groups is 2. The van der Waals surface area contributed by atoms with Crippen LogP contribution in [0, 0.1) is 11.3 Å². The van der Waals surface area contributed by atoms with Crippen LogP contribution in [0.3, 0.4) is 0 Å². The van der Waals surface area contributed by atoms with E-state index in [0.29, 0.717) is 4.57 Å². The Balaban J connectivity index is 1.83. The fraction of sp³-hybridized carbons (Fsp3) is 0.455. The molecule has 0 bridgehead atoms. The van der Waals surface area contributed by atoms with Crippen molar-refractivity contribution in [2.75, 3.05) is 12.3 Å². The van der Waals surface area contributed by atoms with Crippen LogP contribution in [0.1, 0.15) is 20.8 Å². The first-order valence-electron chi connectivity index (χ1n) is 11.2. The second-order valence-corrected chi connectivity index (χ2v) is 10.1. The van der Waals surface area contributed by atoms with Gasteiger partial charge in [0.15, 0.2) is 0 Å². The fourth-order valence-corrected chi connectivity index (χ4v) is 4.96. The molecule has 3 rings (SSSR count). The number of nitrogen functional groups attached to an aromatic ring is 1. The lowest BCUT2D eigenvalue weighted by molar-refractivity contribution is -0.149. The number of para-hydroxylation sites is 1. The molecule has 6 atom stereocenters. The highest BCUT2D eigenvalue weighted by Gasteiger charge is 2.57. The Kier molecular flexibility index (Phi) is 8.70. The molecule has 2 aromatic rings. The number of rotatable bonds is 10. The Morgan fingerprint density at radius 3 is 2.59 bits per heavy atom. The Morgan fingerprint density at radius 2 is 2.00 bits per heavy atom. The first kappa shape index (κ1) is 28.3. The average molecular weight is 537 g/mol. The molecule has 15 heteroatoms. The highest BCUT2D eigenvalue weighted by atomic mass is 31.2. The van der Waals surface area contributed by atoms with Crippen molar-refractivity contribution < 1.29 is 38.1 Å². The molecule has 0 aliphatic carbocycles. The van der Waals surface area contributed by atoms with Crippen molar-refractivity contribution in [1.82, 2.24) is 14.6 Å². The third kappa shape index (κ3) is 6.34. The molecule has 2 heterocycles. The lowest BCUT2D eigenvalue weighted by Crippen LogP contribution is -2.49. The first-order chi connectivity index (χ1) is 17.4. The van der Waals surface area contributed by atoms with Crippen LogP contribution in [0.4, 0.5) is 5.82 Å². The number of aromatic nitrogens is 2. The van der Waals surface area contributed by atoms with E-state index in [-0.39, 0.29) is 11.6 Å². The van der Waals surface area contributed by atoms with E-state index in [9.17, 15) is 29.6 Å². The van der Waals surface area contributed by atoms with Crippen molar-refractivity contribution in [2.24, 2.45) is 0 Å². The third-order valence-corrected chi connectivity index (χ3v) is 6.86. The molecule has 1 aliphatic heterocycles. The van der Waals surface area contributed by atoms with E-state index >= 15 is 0 Å². The minimum atomic E-state index is -4.34. The van der Waals surface area contributed by atoms with E-state index in [4.69, 9.17) is 24.3 Å². The maximum Gasteiger partial charge on any atom is 0.459 e. The number of anilines is 1. The molecular weight excluding hydrogens is 509 g/mol. The summed E-state index contributed by atoms with van der Waals surface area (Å²) >= 11 is 0. The number of hydrogen-bond donors (Lipinski definition) is 4. The minimum absolute atomic E-state index is 0.127. The summed E-state index contributed by atoms with van der Waals surface area (Å²) in [6.07, 6.45) is -4.47. The SMILES string of the molecule is CC(C)OC(=O)[C@H](C)N[P@](=O)(OC[C@H]1O[C@@](C#N)(n2ccc(N)nc2=O)C(O)[C@H]1O)Oc1ccccc1. The molecule has 1 aromatic heterocycles. The van der Waals surface area contributed by atoms with Gasteiger partial charge in [-0.05, 0) is 39.0 Å². The smallest absolute Gasteiger partial charge is 0.459 e. The van der Waals surface area contributed by atoms with Crippen molar-refractivity contribution >= 4 is 19.5 Å². The number of nitrogens with zero attached hydrogens (tertiary/aromatic N) is 3. The summed E-state index contributed by atoms with van der Waals surface area (Å²) in [6.45, 7) is 4.01. The standard InChI is InChI=1S/C22H28N5O9P/c1-13(2)34-20(30)14(3)26-37(32,36-15-7-5-4-6-8-15)33-11-16-18(28)19(29)22(12-23,35-16)27-10-9-17(24)25-21(27)31/h4-10,13-14,16,18-19,28-29H,11H2,1-3H3,(H,26,32)(H2,24,25,31)/t14-,16+,18-,19?,22+,37-/m0/s1. The number of hydrogen-bond acceptors (Lipinski definition) is 12. The Bertz CT molecular complexity index is 1250. The number of ether oxygens (including phenoxy) is 2. The van der Waals surface area contributed by atoms with Crippen LogP contribution >= 0.6 is 7.75 Å². The highest BCUT2D eigenvalue weighted by Crippen LogP contribution is 2.46. The molecule has 5 N–H and O–H groups in total. The summed E-state index contributed by atoms with van der Waals surface area (Å²) in [5, 5.41) is 33.5. The Labute approximate surface area is 212 Å². The zero-order valence-corrected chi connectivity index (χ0v) is 21.1. The second kappa shape index (κ2) is 11.4. The monoisotopic (exact) mass is 537 g/mol. The first-order valence-corrected chi connectivity index (χ1v) is 12.7. The molecule has 0 saturated carbocycles. The quantitative estimate of drug-likeness (QED) is 0.237. The molecule has 0 amide bonds. The minimum Gasteiger partial charge on any atom is -0.462 e. The maximum absolute atomic E-state index is 13.6. The van der Waals surface area contributed by atoms with Gasteiger partial charge < -0.3 is 29.9 Å². The van der Waals surface area contributed by atoms with Crippen molar-refractivity contribution in [1.29, 1.82) is 5.26 Å². The fourth-order valence-electron chi connectivity index (χ4n) is 3.46. The van der Waals surface area contributed by atoms with Gasteiger partial charge in [-0.1, -0.05) is 18.2 Å². The van der Waals surface area contributed by atoms with Crippen LogP contribution in [0.15, 0.2) is 47.4 Å². The number of nitriles is 1. The van der Waals surface area contributed by atoms with Crippen LogP contribution in [-0.4, -0.2) is 62.8 Å². The zero-order chi connectivity index (χ0) is 27.4. The van der Waals surface area contributed by atoms with Crippen molar-refractivity contribution in [3.8, 4) is 11.8 Å². The number of carbonyl (C=O) groups is 1. The topological polar surface area (TPSA) is 208 Å².